The number of unbranched alkanes of at least 4 members (excludes halogenated alkanes) is 3. The van der Waals surface area contributed by atoms with Crippen LogP contribution in [0.15, 0.2) is 5.16 Å². The minimum absolute atomic E-state index is 0.215. The van der Waals surface area contributed by atoms with Crippen molar-refractivity contribution in [2.24, 2.45) is 0 Å². The predicted octanol–water partition coefficient (Wildman–Crippen LogP) is 5.64. The molecule has 3 aromatic rings. The summed E-state index contributed by atoms with van der Waals surface area (Å²) in [5.41, 5.74) is 3.37. The number of hydrogen-bond donors (Lipinski definition) is 1. The molecule has 1 N–H and O–H groups in total. The molecular weight excluding hydrogens is 466 g/mol. The quantitative estimate of drug-likeness (QED) is 0.241. The molecule has 0 radical (unpaired) electrons. The Morgan fingerprint density at radius 3 is 2.68 bits per heavy atom. The summed E-state index contributed by atoms with van der Waals surface area (Å²) in [4.78, 5) is 18.5. The summed E-state index contributed by atoms with van der Waals surface area (Å²) < 4.78 is 13.0. The van der Waals surface area contributed by atoms with Crippen molar-refractivity contribution in [3.63, 3.8) is 0 Å². The molecular formula is C25H35N5O2S2. The molecule has 0 saturated carbocycles. The van der Waals surface area contributed by atoms with Gasteiger partial charge in [0, 0.05) is 37.0 Å². The summed E-state index contributed by atoms with van der Waals surface area (Å²) in [6, 6.07) is 0. The lowest BCUT2D eigenvalue weighted by Gasteiger charge is -2.36. The van der Waals surface area contributed by atoms with Crippen molar-refractivity contribution in [2.45, 2.75) is 70.2 Å². The lowest BCUT2D eigenvalue weighted by Crippen LogP contribution is -2.39. The molecule has 7 nitrogen and oxygen atoms in total. The average Bonchev–Trinajstić information content (AvgIpc) is 3.22. The highest BCUT2D eigenvalue weighted by molar-refractivity contribution is 7.98. The topological polar surface area (TPSA) is 72.4 Å². The van der Waals surface area contributed by atoms with E-state index in [1.54, 1.807) is 23.1 Å². The second-order valence-electron chi connectivity index (χ2n) is 9.72. The number of ether oxygens (including phenoxy) is 2. The molecule has 0 aliphatic carbocycles. The van der Waals surface area contributed by atoms with E-state index in [0.29, 0.717) is 6.61 Å². The number of aromatic nitrogens is 3. The van der Waals surface area contributed by atoms with E-state index in [9.17, 15) is 0 Å². The van der Waals surface area contributed by atoms with E-state index in [2.05, 4.69) is 31.0 Å². The Hall–Kier alpha value is -1.68. The third-order valence-electron chi connectivity index (χ3n) is 6.66. The summed E-state index contributed by atoms with van der Waals surface area (Å²) in [6.07, 6.45) is 7.81. The van der Waals surface area contributed by atoms with Crippen LogP contribution in [0.1, 0.15) is 57.6 Å². The largest absolute Gasteiger partial charge is 0.378 e. The van der Waals surface area contributed by atoms with Crippen molar-refractivity contribution in [3.05, 3.63) is 11.1 Å². The van der Waals surface area contributed by atoms with Crippen LogP contribution in [-0.4, -0.2) is 59.7 Å². The van der Waals surface area contributed by atoms with Crippen LogP contribution in [0.25, 0.3) is 20.4 Å². The van der Waals surface area contributed by atoms with Crippen LogP contribution in [0.5, 0.6) is 0 Å². The summed E-state index contributed by atoms with van der Waals surface area (Å²) >= 11 is 3.32. The van der Waals surface area contributed by atoms with Crippen molar-refractivity contribution in [1.29, 1.82) is 0 Å². The predicted molar refractivity (Wildman–Crippen MR) is 143 cm³/mol. The van der Waals surface area contributed by atoms with Gasteiger partial charge >= 0.3 is 0 Å². The van der Waals surface area contributed by atoms with Crippen molar-refractivity contribution < 1.29 is 9.47 Å². The first-order valence-corrected chi connectivity index (χ1v) is 14.5. The third-order valence-corrected chi connectivity index (χ3v) is 8.29. The minimum Gasteiger partial charge on any atom is -0.378 e. The number of nitrogens with one attached hydrogen (secondary N) is 1. The highest BCUT2D eigenvalue weighted by Gasteiger charge is 2.33. The van der Waals surface area contributed by atoms with Gasteiger partial charge in [-0.2, -0.15) is 0 Å². The van der Waals surface area contributed by atoms with Crippen LogP contribution in [0.4, 0.5) is 11.6 Å². The highest BCUT2D eigenvalue weighted by atomic mass is 32.2. The molecule has 0 atom stereocenters. The lowest BCUT2D eigenvalue weighted by atomic mass is 9.90. The summed E-state index contributed by atoms with van der Waals surface area (Å²) in [5.74, 6) is 2.00. The maximum Gasteiger partial charge on any atom is 0.189 e. The summed E-state index contributed by atoms with van der Waals surface area (Å²) in [7, 11) is 0. The Morgan fingerprint density at radius 2 is 1.91 bits per heavy atom. The smallest absolute Gasteiger partial charge is 0.189 e. The van der Waals surface area contributed by atoms with E-state index >= 15 is 0 Å². The SMILES string of the molecule is CCCCCCNc1nc(SC)nc2c1sc1nc(N3CCOCC3)c3c(c12)CC(C)(C)OC3. The first-order valence-electron chi connectivity index (χ1n) is 12.4. The Morgan fingerprint density at radius 1 is 1.09 bits per heavy atom. The Bertz CT molecular complexity index is 1170. The van der Waals surface area contributed by atoms with E-state index in [-0.39, 0.29) is 5.60 Å². The van der Waals surface area contributed by atoms with E-state index < -0.39 is 0 Å². The van der Waals surface area contributed by atoms with Gasteiger partial charge in [0.1, 0.15) is 16.5 Å². The number of anilines is 2. The standard InChI is InChI=1S/C25H35N5O2S2/c1-5-6-7-8-9-26-21-20-19(27-24(28-21)33-4)18-16-14-25(2,3)32-15-17(16)22(29-23(18)34-20)30-10-12-31-13-11-30/h5-15H2,1-4H3,(H,26,27,28). The Labute approximate surface area is 210 Å². The first kappa shape index (κ1) is 24.0. The Balaban J connectivity index is 1.65. The maximum absolute atomic E-state index is 6.27. The molecule has 0 spiro atoms. The molecule has 1 saturated heterocycles. The highest BCUT2D eigenvalue weighted by Crippen LogP contribution is 2.44. The zero-order valence-corrected chi connectivity index (χ0v) is 22.3. The van der Waals surface area contributed by atoms with Crippen LogP contribution >= 0.6 is 23.1 Å². The van der Waals surface area contributed by atoms with E-state index in [4.69, 9.17) is 24.4 Å². The average molecular weight is 502 g/mol. The summed E-state index contributed by atoms with van der Waals surface area (Å²) in [5, 5.41) is 5.62. The van der Waals surface area contributed by atoms with Gasteiger partial charge in [-0.25, -0.2) is 15.0 Å². The fraction of sp³-hybridized carbons (Fsp3) is 0.640. The fourth-order valence-electron chi connectivity index (χ4n) is 4.84. The number of morpholine rings is 1. The third kappa shape index (κ3) is 4.72. The van der Waals surface area contributed by atoms with Gasteiger partial charge in [0.25, 0.3) is 0 Å². The second-order valence-corrected chi connectivity index (χ2v) is 11.5. The number of thiophene rings is 1. The number of nitrogens with zero attached hydrogens (tertiary/aromatic N) is 4. The van der Waals surface area contributed by atoms with Crippen LogP contribution < -0.4 is 10.2 Å². The van der Waals surface area contributed by atoms with E-state index in [1.165, 1.54) is 35.8 Å². The van der Waals surface area contributed by atoms with E-state index in [1.807, 2.05) is 6.26 Å². The molecule has 2 aliphatic heterocycles. The molecule has 9 heteroatoms. The van der Waals surface area contributed by atoms with Gasteiger partial charge in [-0.1, -0.05) is 37.9 Å². The number of thioether (sulfide) groups is 1. The molecule has 2 aliphatic rings. The van der Waals surface area contributed by atoms with Gasteiger partial charge in [-0.05, 0) is 32.1 Å². The van der Waals surface area contributed by atoms with Crippen LogP contribution in [0, 0.1) is 0 Å². The van der Waals surface area contributed by atoms with Gasteiger partial charge < -0.3 is 19.7 Å². The fourth-order valence-corrected chi connectivity index (χ4v) is 6.31. The molecule has 184 valence electrons. The lowest BCUT2D eigenvalue weighted by molar-refractivity contribution is -0.0396. The first-order chi connectivity index (χ1) is 16.5. The van der Waals surface area contributed by atoms with Crippen LogP contribution in [-0.2, 0) is 22.5 Å². The molecule has 5 rings (SSSR count). The zero-order chi connectivity index (χ0) is 23.7. The normalized spacial score (nSPS) is 17.9. The number of hydrogen-bond acceptors (Lipinski definition) is 9. The van der Waals surface area contributed by atoms with Crippen molar-refractivity contribution in [3.8, 4) is 0 Å². The zero-order valence-electron chi connectivity index (χ0n) is 20.7. The van der Waals surface area contributed by atoms with Crippen LogP contribution in [0.3, 0.4) is 0 Å². The molecule has 34 heavy (non-hydrogen) atoms. The number of rotatable bonds is 8. The number of pyridine rings is 1. The molecule has 0 bridgehead atoms. The van der Waals surface area contributed by atoms with Gasteiger partial charge in [0.2, 0.25) is 0 Å². The van der Waals surface area contributed by atoms with Crippen LogP contribution in [0.2, 0.25) is 0 Å². The molecule has 0 unspecified atom stereocenters. The second kappa shape index (κ2) is 10.1. The van der Waals surface area contributed by atoms with E-state index in [0.717, 1.165) is 77.5 Å². The molecule has 1 fully saturated rings. The summed E-state index contributed by atoms with van der Waals surface area (Å²) in [6.45, 7) is 11.3. The molecule has 0 amide bonds. The van der Waals surface area contributed by atoms with Gasteiger partial charge in [0.15, 0.2) is 5.16 Å². The van der Waals surface area contributed by atoms with Crippen molar-refractivity contribution in [1.82, 2.24) is 15.0 Å². The monoisotopic (exact) mass is 501 g/mol. The molecule has 5 heterocycles. The Kier molecular flexibility index (Phi) is 7.16. The maximum atomic E-state index is 6.27. The van der Waals surface area contributed by atoms with Gasteiger partial charge in [-0.3, -0.25) is 0 Å². The van der Waals surface area contributed by atoms with Crippen molar-refractivity contribution in [2.75, 3.05) is 49.3 Å². The number of fused-ring (bicyclic) bond motifs is 5. The van der Waals surface area contributed by atoms with Crippen molar-refractivity contribution >= 4 is 55.2 Å². The van der Waals surface area contributed by atoms with Gasteiger partial charge in [0.05, 0.1) is 35.6 Å². The minimum atomic E-state index is -0.215. The molecule has 3 aromatic heterocycles. The molecule has 0 aromatic carbocycles. The van der Waals surface area contributed by atoms with Gasteiger partial charge in [-0.15, -0.1) is 11.3 Å².